The highest BCUT2D eigenvalue weighted by Crippen LogP contribution is 2.19. The Hall–Kier alpha value is -1.53. The summed E-state index contributed by atoms with van der Waals surface area (Å²) in [4.78, 5) is 0. The summed E-state index contributed by atoms with van der Waals surface area (Å²) in [6, 6.07) is 4.44. The molecule has 0 amide bonds. The molecule has 2 nitrogen and oxygen atoms in total. The predicted molar refractivity (Wildman–Crippen MR) is 62.7 cm³/mol. The van der Waals surface area contributed by atoms with Gasteiger partial charge in [0.15, 0.2) is 0 Å². The highest BCUT2D eigenvalue weighted by Gasteiger charge is 2.04. The summed E-state index contributed by atoms with van der Waals surface area (Å²) in [6.07, 6.45) is 6.15. The Morgan fingerprint density at radius 2 is 2.31 bits per heavy atom. The van der Waals surface area contributed by atoms with Gasteiger partial charge in [-0.15, -0.1) is 6.42 Å². The molecule has 0 fully saturated rings. The standard InChI is InChI=1S/C13H16FNO/c1-3-7-15-10-11-9-12(14)5-6-13(11)16-8-4-2/h2,5-6,9,15H,3,7-8,10H2,1H3. The van der Waals surface area contributed by atoms with E-state index in [0.29, 0.717) is 12.3 Å². The van der Waals surface area contributed by atoms with E-state index in [1.54, 1.807) is 6.07 Å². The van der Waals surface area contributed by atoms with E-state index in [2.05, 4.69) is 18.2 Å². The smallest absolute Gasteiger partial charge is 0.148 e. The zero-order chi connectivity index (χ0) is 11.8. The molecular formula is C13H16FNO. The molecule has 0 atom stereocenters. The van der Waals surface area contributed by atoms with Crippen molar-refractivity contribution in [1.82, 2.24) is 5.32 Å². The largest absolute Gasteiger partial charge is 0.481 e. The number of nitrogens with one attached hydrogen (secondary N) is 1. The molecular weight excluding hydrogens is 205 g/mol. The first kappa shape index (κ1) is 12.5. The van der Waals surface area contributed by atoms with Gasteiger partial charge >= 0.3 is 0 Å². The number of hydrogen-bond acceptors (Lipinski definition) is 2. The molecule has 0 saturated carbocycles. The predicted octanol–water partition coefficient (Wildman–Crippen LogP) is 2.34. The van der Waals surface area contributed by atoms with Gasteiger partial charge in [0.2, 0.25) is 0 Å². The van der Waals surface area contributed by atoms with E-state index in [-0.39, 0.29) is 12.4 Å². The molecule has 0 unspecified atom stereocenters. The summed E-state index contributed by atoms with van der Waals surface area (Å²) in [7, 11) is 0. The van der Waals surface area contributed by atoms with Gasteiger partial charge in [0, 0.05) is 12.1 Å². The molecule has 0 heterocycles. The van der Waals surface area contributed by atoms with Crippen LogP contribution in [0.1, 0.15) is 18.9 Å². The Balaban J connectivity index is 2.69. The maximum absolute atomic E-state index is 13.1. The lowest BCUT2D eigenvalue weighted by atomic mass is 10.2. The first-order valence-electron chi connectivity index (χ1n) is 5.33. The molecule has 16 heavy (non-hydrogen) atoms. The number of terminal acetylenes is 1. The third-order valence-electron chi connectivity index (χ3n) is 2.08. The van der Waals surface area contributed by atoms with Crippen LogP contribution >= 0.6 is 0 Å². The van der Waals surface area contributed by atoms with E-state index in [9.17, 15) is 4.39 Å². The van der Waals surface area contributed by atoms with Gasteiger partial charge in [0.25, 0.3) is 0 Å². The molecule has 1 rings (SSSR count). The molecule has 0 radical (unpaired) electrons. The van der Waals surface area contributed by atoms with Crippen molar-refractivity contribution in [3.8, 4) is 18.1 Å². The van der Waals surface area contributed by atoms with Crippen LogP contribution in [-0.4, -0.2) is 13.2 Å². The Morgan fingerprint density at radius 1 is 1.50 bits per heavy atom. The van der Waals surface area contributed by atoms with Gasteiger partial charge in [-0.1, -0.05) is 12.8 Å². The topological polar surface area (TPSA) is 21.3 Å². The van der Waals surface area contributed by atoms with E-state index in [4.69, 9.17) is 11.2 Å². The molecule has 0 aromatic heterocycles. The van der Waals surface area contributed by atoms with Gasteiger partial charge in [0.05, 0.1) is 0 Å². The van der Waals surface area contributed by atoms with Gasteiger partial charge in [-0.05, 0) is 31.2 Å². The third-order valence-corrected chi connectivity index (χ3v) is 2.08. The van der Waals surface area contributed by atoms with Crippen molar-refractivity contribution in [2.45, 2.75) is 19.9 Å². The molecule has 86 valence electrons. The molecule has 1 N–H and O–H groups in total. The fourth-order valence-corrected chi connectivity index (χ4v) is 1.35. The third kappa shape index (κ3) is 3.92. The SMILES string of the molecule is C#CCOc1ccc(F)cc1CNCCC. The molecule has 1 aromatic rings. The van der Waals surface area contributed by atoms with E-state index < -0.39 is 0 Å². The fourth-order valence-electron chi connectivity index (χ4n) is 1.35. The van der Waals surface area contributed by atoms with Crippen molar-refractivity contribution in [3.05, 3.63) is 29.6 Å². The van der Waals surface area contributed by atoms with Crippen LogP contribution in [0.25, 0.3) is 0 Å². The van der Waals surface area contributed by atoms with Crippen molar-refractivity contribution >= 4 is 0 Å². The fraction of sp³-hybridized carbons (Fsp3) is 0.385. The summed E-state index contributed by atoms with van der Waals surface area (Å²) in [5.74, 6) is 2.77. The number of hydrogen-bond donors (Lipinski definition) is 1. The van der Waals surface area contributed by atoms with Crippen LogP contribution in [-0.2, 0) is 6.54 Å². The van der Waals surface area contributed by atoms with Gasteiger partial charge in [-0.25, -0.2) is 4.39 Å². The average Bonchev–Trinajstić information content (AvgIpc) is 2.28. The monoisotopic (exact) mass is 221 g/mol. The van der Waals surface area contributed by atoms with E-state index in [1.165, 1.54) is 12.1 Å². The second-order valence-corrected chi connectivity index (χ2v) is 3.42. The Labute approximate surface area is 95.8 Å². The van der Waals surface area contributed by atoms with Crippen LogP contribution in [0, 0.1) is 18.2 Å². The van der Waals surface area contributed by atoms with E-state index in [0.717, 1.165) is 18.5 Å². The normalized spacial score (nSPS) is 9.81. The Kier molecular flexibility index (Phi) is 5.38. The van der Waals surface area contributed by atoms with Gasteiger partial charge < -0.3 is 10.1 Å². The molecule has 1 aromatic carbocycles. The second-order valence-electron chi connectivity index (χ2n) is 3.42. The number of halogens is 1. The maximum atomic E-state index is 13.1. The molecule has 3 heteroatoms. The number of ether oxygens (including phenoxy) is 1. The van der Waals surface area contributed by atoms with E-state index in [1.807, 2.05) is 0 Å². The number of rotatable bonds is 6. The van der Waals surface area contributed by atoms with Crippen molar-refractivity contribution in [1.29, 1.82) is 0 Å². The minimum absolute atomic E-state index is 0.201. The molecule has 0 saturated heterocycles. The number of benzene rings is 1. The molecule has 0 bridgehead atoms. The summed E-state index contributed by atoms with van der Waals surface area (Å²) in [5, 5.41) is 3.20. The van der Waals surface area contributed by atoms with Gasteiger partial charge in [-0.3, -0.25) is 0 Å². The second kappa shape index (κ2) is 6.86. The highest BCUT2D eigenvalue weighted by molar-refractivity contribution is 5.34. The zero-order valence-corrected chi connectivity index (χ0v) is 9.42. The van der Waals surface area contributed by atoms with Crippen LogP contribution in [0.3, 0.4) is 0 Å². The van der Waals surface area contributed by atoms with Crippen LogP contribution in [0.5, 0.6) is 5.75 Å². The summed E-state index contributed by atoms with van der Waals surface area (Å²) < 4.78 is 18.4. The molecule has 0 aliphatic rings. The Morgan fingerprint density at radius 3 is 3.00 bits per heavy atom. The van der Waals surface area contributed by atoms with Crippen LogP contribution < -0.4 is 10.1 Å². The first-order chi connectivity index (χ1) is 7.77. The summed E-state index contributed by atoms with van der Waals surface area (Å²) in [5.41, 5.74) is 0.795. The van der Waals surface area contributed by atoms with Gasteiger partial charge in [0.1, 0.15) is 18.2 Å². The van der Waals surface area contributed by atoms with Crippen LogP contribution in [0.15, 0.2) is 18.2 Å². The quantitative estimate of drug-likeness (QED) is 0.588. The highest BCUT2D eigenvalue weighted by atomic mass is 19.1. The van der Waals surface area contributed by atoms with Crippen molar-refractivity contribution < 1.29 is 9.13 Å². The van der Waals surface area contributed by atoms with Crippen molar-refractivity contribution in [3.63, 3.8) is 0 Å². The average molecular weight is 221 g/mol. The van der Waals surface area contributed by atoms with Gasteiger partial charge in [-0.2, -0.15) is 0 Å². The lowest BCUT2D eigenvalue weighted by Crippen LogP contribution is -2.15. The summed E-state index contributed by atoms with van der Waals surface area (Å²) >= 11 is 0. The Bertz CT molecular complexity index is 371. The lowest BCUT2D eigenvalue weighted by Gasteiger charge is -2.10. The van der Waals surface area contributed by atoms with Crippen LogP contribution in [0.2, 0.25) is 0 Å². The first-order valence-corrected chi connectivity index (χ1v) is 5.33. The zero-order valence-electron chi connectivity index (χ0n) is 9.42. The molecule has 0 aliphatic carbocycles. The van der Waals surface area contributed by atoms with E-state index >= 15 is 0 Å². The minimum Gasteiger partial charge on any atom is -0.481 e. The maximum Gasteiger partial charge on any atom is 0.148 e. The summed E-state index contributed by atoms with van der Waals surface area (Å²) in [6.45, 7) is 3.76. The molecule has 0 aliphatic heterocycles. The lowest BCUT2D eigenvalue weighted by molar-refractivity contribution is 0.364. The van der Waals surface area contributed by atoms with Crippen LogP contribution in [0.4, 0.5) is 4.39 Å². The van der Waals surface area contributed by atoms with Crippen molar-refractivity contribution in [2.75, 3.05) is 13.2 Å². The van der Waals surface area contributed by atoms with Crippen molar-refractivity contribution in [2.24, 2.45) is 0 Å². The minimum atomic E-state index is -0.263. The molecule has 0 spiro atoms.